The summed E-state index contributed by atoms with van der Waals surface area (Å²) in [5.41, 5.74) is 0.685. The minimum absolute atomic E-state index is 0.648. The van der Waals surface area contributed by atoms with Crippen molar-refractivity contribution in [3.63, 3.8) is 0 Å². The van der Waals surface area contributed by atoms with Gasteiger partial charge in [-0.25, -0.2) is 4.98 Å². The molecular weight excluding hydrogens is 284 g/mol. The van der Waals surface area contributed by atoms with E-state index >= 15 is 0 Å². The molecule has 1 aliphatic rings. The molecule has 0 amide bonds. The molecule has 0 spiro atoms. The number of pyridine rings is 1. The molecule has 0 unspecified atom stereocenters. The molecule has 1 heterocycles. The zero-order valence-electron chi connectivity index (χ0n) is 8.95. The summed E-state index contributed by atoms with van der Waals surface area (Å²) in [6.45, 7) is 0. The van der Waals surface area contributed by atoms with E-state index < -0.39 is 0 Å². The van der Waals surface area contributed by atoms with Crippen molar-refractivity contribution < 1.29 is 0 Å². The molecule has 0 aromatic carbocycles. The number of thioether (sulfide) groups is 1. The first-order valence-electron chi connectivity index (χ1n) is 5.52. The second-order valence-electron chi connectivity index (χ2n) is 4.00. The molecule has 16 heavy (non-hydrogen) atoms. The van der Waals surface area contributed by atoms with Crippen LogP contribution >= 0.6 is 27.7 Å². The van der Waals surface area contributed by atoms with Crippen LogP contribution in [0.4, 0.5) is 0 Å². The molecule has 4 heteroatoms. The maximum Gasteiger partial charge on any atom is 0.114 e. The second-order valence-corrected chi connectivity index (χ2v) is 6.20. The Balaban J connectivity index is 2.11. The molecule has 1 aliphatic carbocycles. The zero-order chi connectivity index (χ0) is 11.4. The lowest BCUT2D eigenvalue weighted by Gasteiger charge is -2.20. The minimum Gasteiger partial charge on any atom is -0.247 e. The van der Waals surface area contributed by atoms with Gasteiger partial charge in [0, 0.05) is 15.9 Å². The molecule has 84 valence electrons. The fraction of sp³-hybridized carbons (Fsp3) is 0.500. The molecule has 0 atom stereocenters. The van der Waals surface area contributed by atoms with Crippen LogP contribution in [0.25, 0.3) is 0 Å². The Hall–Kier alpha value is -0.530. The quantitative estimate of drug-likeness (QED) is 0.823. The molecule has 1 aromatic heterocycles. The maximum absolute atomic E-state index is 9.05. The Kier molecular flexibility index (Phi) is 4.25. The highest BCUT2D eigenvalue weighted by molar-refractivity contribution is 9.10. The number of nitriles is 1. The lowest BCUT2D eigenvalue weighted by molar-refractivity contribution is 0.515. The monoisotopic (exact) mass is 296 g/mol. The normalized spacial score (nSPS) is 17.0. The summed E-state index contributed by atoms with van der Waals surface area (Å²) in [5.74, 6) is 0. The van der Waals surface area contributed by atoms with E-state index in [1.54, 1.807) is 18.0 Å². The number of halogens is 1. The van der Waals surface area contributed by atoms with E-state index in [2.05, 4.69) is 27.0 Å². The number of hydrogen-bond donors (Lipinski definition) is 0. The van der Waals surface area contributed by atoms with E-state index in [1.807, 2.05) is 6.07 Å². The van der Waals surface area contributed by atoms with Gasteiger partial charge in [-0.1, -0.05) is 19.3 Å². The van der Waals surface area contributed by atoms with Crippen LogP contribution < -0.4 is 0 Å². The van der Waals surface area contributed by atoms with Crippen LogP contribution in [0.3, 0.4) is 0 Å². The summed E-state index contributed by atoms with van der Waals surface area (Å²) in [7, 11) is 0. The Morgan fingerprint density at radius 3 is 2.81 bits per heavy atom. The number of hydrogen-bond acceptors (Lipinski definition) is 3. The van der Waals surface area contributed by atoms with E-state index in [-0.39, 0.29) is 0 Å². The third-order valence-corrected chi connectivity index (χ3v) is 4.56. The van der Waals surface area contributed by atoms with Crippen molar-refractivity contribution in [1.82, 2.24) is 4.98 Å². The zero-order valence-corrected chi connectivity index (χ0v) is 11.4. The Morgan fingerprint density at radius 2 is 2.12 bits per heavy atom. The molecule has 1 saturated carbocycles. The van der Waals surface area contributed by atoms with Crippen LogP contribution in [-0.4, -0.2) is 10.2 Å². The summed E-state index contributed by atoms with van der Waals surface area (Å²) in [4.78, 5) is 4.34. The first kappa shape index (κ1) is 11.9. The van der Waals surface area contributed by atoms with Crippen molar-refractivity contribution in [2.45, 2.75) is 42.4 Å². The average molecular weight is 297 g/mol. The number of rotatable bonds is 2. The highest BCUT2D eigenvalue weighted by Gasteiger charge is 2.17. The van der Waals surface area contributed by atoms with Gasteiger partial charge >= 0.3 is 0 Å². The SMILES string of the molecule is N#Cc1cc(Br)cnc1SC1CCCCC1. The summed E-state index contributed by atoms with van der Waals surface area (Å²) in [6.07, 6.45) is 8.27. The van der Waals surface area contributed by atoms with Crippen LogP contribution in [0.1, 0.15) is 37.7 Å². The molecule has 0 bridgehead atoms. The molecule has 2 nitrogen and oxygen atoms in total. The van der Waals surface area contributed by atoms with Crippen LogP contribution in [0.15, 0.2) is 21.8 Å². The smallest absolute Gasteiger partial charge is 0.114 e. The van der Waals surface area contributed by atoms with Crippen molar-refractivity contribution in [1.29, 1.82) is 5.26 Å². The summed E-state index contributed by atoms with van der Waals surface area (Å²) in [6, 6.07) is 4.06. The third-order valence-electron chi connectivity index (χ3n) is 2.77. The Morgan fingerprint density at radius 1 is 1.38 bits per heavy atom. The number of nitrogens with zero attached hydrogens (tertiary/aromatic N) is 2. The first-order valence-corrected chi connectivity index (χ1v) is 7.19. The minimum atomic E-state index is 0.648. The topological polar surface area (TPSA) is 36.7 Å². The van der Waals surface area contributed by atoms with Crippen LogP contribution in [0.5, 0.6) is 0 Å². The molecule has 0 N–H and O–H groups in total. The van der Waals surface area contributed by atoms with Gasteiger partial charge in [-0.2, -0.15) is 5.26 Å². The largest absolute Gasteiger partial charge is 0.247 e. The third kappa shape index (κ3) is 2.99. The second kappa shape index (κ2) is 5.70. The lowest BCUT2D eigenvalue weighted by atomic mass is 10.0. The van der Waals surface area contributed by atoms with Crippen molar-refractivity contribution >= 4 is 27.7 Å². The van der Waals surface area contributed by atoms with Gasteiger partial charge in [0.05, 0.1) is 5.56 Å². The fourth-order valence-corrected chi connectivity index (χ4v) is 3.50. The Bertz CT molecular complexity index is 408. The summed E-state index contributed by atoms with van der Waals surface area (Å²) < 4.78 is 0.872. The standard InChI is InChI=1S/C12H13BrN2S/c13-10-6-9(7-14)12(15-8-10)16-11-4-2-1-3-5-11/h6,8,11H,1-5H2. The fourth-order valence-electron chi connectivity index (χ4n) is 1.94. The molecule has 0 radical (unpaired) electrons. The molecule has 1 aromatic rings. The van der Waals surface area contributed by atoms with Gasteiger partial charge in [-0.3, -0.25) is 0 Å². The van der Waals surface area contributed by atoms with E-state index in [0.29, 0.717) is 10.8 Å². The molecule has 1 fully saturated rings. The van der Waals surface area contributed by atoms with Gasteiger partial charge in [0.15, 0.2) is 0 Å². The highest BCUT2D eigenvalue weighted by atomic mass is 79.9. The summed E-state index contributed by atoms with van der Waals surface area (Å²) in [5, 5.41) is 10.6. The molecule has 2 rings (SSSR count). The predicted molar refractivity (Wildman–Crippen MR) is 69.4 cm³/mol. The molecule has 0 saturated heterocycles. The maximum atomic E-state index is 9.05. The van der Waals surface area contributed by atoms with E-state index in [9.17, 15) is 0 Å². The van der Waals surface area contributed by atoms with Crippen LogP contribution in [0.2, 0.25) is 0 Å². The highest BCUT2D eigenvalue weighted by Crippen LogP contribution is 2.34. The van der Waals surface area contributed by atoms with Crippen molar-refractivity contribution in [2.75, 3.05) is 0 Å². The van der Waals surface area contributed by atoms with Crippen molar-refractivity contribution in [3.8, 4) is 6.07 Å². The first-order chi connectivity index (χ1) is 7.79. The van der Waals surface area contributed by atoms with Crippen LogP contribution in [-0.2, 0) is 0 Å². The van der Waals surface area contributed by atoms with E-state index in [4.69, 9.17) is 5.26 Å². The molecular formula is C12H13BrN2S. The molecule has 0 aliphatic heterocycles. The van der Waals surface area contributed by atoms with Gasteiger partial charge in [0.1, 0.15) is 11.1 Å². The van der Waals surface area contributed by atoms with Gasteiger partial charge in [-0.05, 0) is 34.8 Å². The lowest BCUT2D eigenvalue weighted by Crippen LogP contribution is -2.08. The average Bonchev–Trinajstić information content (AvgIpc) is 2.33. The summed E-state index contributed by atoms with van der Waals surface area (Å²) >= 11 is 5.11. The van der Waals surface area contributed by atoms with Crippen molar-refractivity contribution in [3.05, 3.63) is 22.3 Å². The van der Waals surface area contributed by atoms with Crippen LogP contribution in [0, 0.1) is 11.3 Å². The van der Waals surface area contributed by atoms with E-state index in [0.717, 1.165) is 9.50 Å². The Labute approximate surface area is 109 Å². The number of aromatic nitrogens is 1. The predicted octanol–water partition coefficient (Wildman–Crippen LogP) is 4.14. The van der Waals surface area contributed by atoms with Gasteiger partial charge in [0.25, 0.3) is 0 Å². The van der Waals surface area contributed by atoms with Crippen molar-refractivity contribution in [2.24, 2.45) is 0 Å². The van der Waals surface area contributed by atoms with Gasteiger partial charge in [-0.15, -0.1) is 11.8 Å². The van der Waals surface area contributed by atoms with Gasteiger partial charge in [0.2, 0.25) is 0 Å². The van der Waals surface area contributed by atoms with E-state index in [1.165, 1.54) is 32.1 Å². The van der Waals surface area contributed by atoms with Gasteiger partial charge < -0.3 is 0 Å².